The summed E-state index contributed by atoms with van der Waals surface area (Å²) >= 11 is 0. The Bertz CT molecular complexity index is 1010. The van der Waals surface area contributed by atoms with Crippen molar-refractivity contribution in [1.29, 1.82) is 0 Å². The first-order chi connectivity index (χ1) is 16.1. The molecule has 1 aromatic heterocycles. The van der Waals surface area contributed by atoms with Gasteiger partial charge < -0.3 is 9.47 Å². The molecule has 1 aliphatic heterocycles. The minimum absolute atomic E-state index is 0.00569. The number of hydrogen-bond donors (Lipinski definition) is 2. The zero-order chi connectivity index (χ0) is 23.0. The maximum atomic E-state index is 12.7. The number of carbonyl (C=O) groups is 2. The average Bonchev–Trinajstić information content (AvgIpc) is 3.33. The third-order valence-corrected chi connectivity index (χ3v) is 5.32. The normalized spacial score (nSPS) is 16.7. The summed E-state index contributed by atoms with van der Waals surface area (Å²) in [5.41, 5.74) is 6.33. The van der Waals surface area contributed by atoms with Crippen molar-refractivity contribution in [3.63, 3.8) is 0 Å². The van der Waals surface area contributed by atoms with E-state index in [4.69, 9.17) is 9.47 Å². The van der Waals surface area contributed by atoms with E-state index in [1.54, 1.807) is 11.6 Å². The summed E-state index contributed by atoms with van der Waals surface area (Å²) in [4.78, 5) is 29.4. The molecule has 3 aromatic rings. The minimum atomic E-state index is -0.745. The number of nitrogens with one attached hydrogen (secondary N) is 2. The van der Waals surface area contributed by atoms with Crippen molar-refractivity contribution in [2.75, 3.05) is 13.2 Å². The van der Waals surface area contributed by atoms with Crippen LogP contribution >= 0.6 is 0 Å². The Balaban J connectivity index is 1.40. The second-order valence-electron chi connectivity index (χ2n) is 7.78. The highest BCUT2D eigenvalue weighted by Crippen LogP contribution is 2.21. The maximum absolute atomic E-state index is 12.7. The zero-order valence-corrected chi connectivity index (χ0v) is 18.4. The second kappa shape index (κ2) is 10.8. The van der Waals surface area contributed by atoms with Crippen molar-refractivity contribution < 1.29 is 19.1 Å². The van der Waals surface area contributed by atoms with Gasteiger partial charge in [-0.3, -0.25) is 20.4 Å². The molecule has 2 amide bonds. The van der Waals surface area contributed by atoms with E-state index in [1.165, 1.54) is 0 Å². The van der Waals surface area contributed by atoms with Crippen LogP contribution in [0.4, 0.5) is 0 Å². The predicted octanol–water partition coefficient (Wildman–Crippen LogP) is 2.67. The Morgan fingerprint density at radius 2 is 1.82 bits per heavy atom. The highest BCUT2D eigenvalue weighted by Gasteiger charge is 2.22. The van der Waals surface area contributed by atoms with Gasteiger partial charge in [0.1, 0.15) is 6.10 Å². The van der Waals surface area contributed by atoms with Gasteiger partial charge in [-0.1, -0.05) is 48.5 Å². The van der Waals surface area contributed by atoms with Crippen LogP contribution in [0.15, 0.2) is 60.7 Å². The highest BCUT2D eigenvalue weighted by atomic mass is 16.5. The molecular weight excluding hydrogens is 422 g/mol. The fraction of sp³-hybridized carbons (Fsp3) is 0.333. The number of hydrazine groups is 1. The SMILES string of the molecule is CC(OCC1CCCCO1)C(=O)NNC(=O)c1nc(-c2ccccc2)n(-c2ccccc2)n1. The van der Waals surface area contributed by atoms with Crippen LogP contribution in [0.2, 0.25) is 0 Å². The van der Waals surface area contributed by atoms with Crippen LogP contribution in [0.5, 0.6) is 0 Å². The Kier molecular flexibility index (Phi) is 7.43. The lowest BCUT2D eigenvalue weighted by Crippen LogP contribution is -2.47. The maximum Gasteiger partial charge on any atom is 0.309 e. The van der Waals surface area contributed by atoms with Gasteiger partial charge in [0.2, 0.25) is 5.82 Å². The molecule has 0 radical (unpaired) electrons. The molecule has 0 spiro atoms. The fourth-order valence-corrected chi connectivity index (χ4v) is 3.47. The molecule has 2 unspecified atom stereocenters. The van der Waals surface area contributed by atoms with Crippen LogP contribution < -0.4 is 10.9 Å². The Morgan fingerprint density at radius 3 is 2.52 bits per heavy atom. The van der Waals surface area contributed by atoms with E-state index in [2.05, 4.69) is 20.9 Å². The van der Waals surface area contributed by atoms with Crippen molar-refractivity contribution in [3.05, 3.63) is 66.5 Å². The van der Waals surface area contributed by atoms with E-state index < -0.39 is 17.9 Å². The van der Waals surface area contributed by atoms with Gasteiger partial charge in [0.25, 0.3) is 5.91 Å². The topological polar surface area (TPSA) is 107 Å². The first kappa shape index (κ1) is 22.6. The van der Waals surface area contributed by atoms with Crippen molar-refractivity contribution in [1.82, 2.24) is 25.6 Å². The Labute approximate surface area is 192 Å². The van der Waals surface area contributed by atoms with E-state index in [0.29, 0.717) is 12.4 Å². The molecule has 1 saturated heterocycles. The number of hydrogen-bond acceptors (Lipinski definition) is 6. The number of para-hydroxylation sites is 1. The van der Waals surface area contributed by atoms with Crippen molar-refractivity contribution in [2.24, 2.45) is 0 Å². The number of aromatic nitrogens is 3. The number of amides is 2. The van der Waals surface area contributed by atoms with Crippen LogP contribution in [0.3, 0.4) is 0 Å². The molecule has 1 aliphatic rings. The van der Waals surface area contributed by atoms with E-state index in [9.17, 15) is 9.59 Å². The molecular formula is C24H27N5O4. The zero-order valence-electron chi connectivity index (χ0n) is 18.4. The quantitative estimate of drug-likeness (QED) is 0.537. The van der Waals surface area contributed by atoms with Crippen molar-refractivity contribution in [3.8, 4) is 17.1 Å². The molecule has 33 heavy (non-hydrogen) atoms. The molecule has 2 aromatic carbocycles. The number of ether oxygens (including phenoxy) is 2. The van der Waals surface area contributed by atoms with Crippen LogP contribution in [0, 0.1) is 0 Å². The van der Waals surface area contributed by atoms with Crippen LogP contribution in [-0.2, 0) is 14.3 Å². The fourth-order valence-electron chi connectivity index (χ4n) is 3.47. The highest BCUT2D eigenvalue weighted by molar-refractivity contribution is 5.93. The molecule has 9 nitrogen and oxygen atoms in total. The Morgan fingerprint density at radius 1 is 1.09 bits per heavy atom. The van der Waals surface area contributed by atoms with Gasteiger partial charge in [-0.25, -0.2) is 9.67 Å². The smallest absolute Gasteiger partial charge is 0.309 e. The summed E-state index contributed by atoms with van der Waals surface area (Å²) in [6.45, 7) is 2.68. The molecule has 0 bridgehead atoms. The summed E-state index contributed by atoms with van der Waals surface area (Å²) in [6, 6.07) is 18.9. The molecule has 9 heteroatoms. The number of carbonyl (C=O) groups excluding carboxylic acids is 2. The number of benzene rings is 2. The molecule has 1 fully saturated rings. The lowest BCUT2D eigenvalue weighted by atomic mass is 10.1. The molecule has 4 rings (SSSR count). The average molecular weight is 450 g/mol. The van der Waals surface area contributed by atoms with Crippen LogP contribution in [-0.4, -0.2) is 52.0 Å². The summed E-state index contributed by atoms with van der Waals surface area (Å²) in [6.07, 6.45) is 2.33. The van der Waals surface area contributed by atoms with Gasteiger partial charge in [0.15, 0.2) is 5.82 Å². The molecule has 0 saturated carbocycles. The van der Waals surface area contributed by atoms with Gasteiger partial charge in [0, 0.05) is 12.2 Å². The number of rotatable bonds is 7. The van der Waals surface area contributed by atoms with Crippen LogP contribution in [0.1, 0.15) is 36.8 Å². The summed E-state index contributed by atoms with van der Waals surface area (Å²) < 4.78 is 12.8. The third-order valence-electron chi connectivity index (χ3n) is 5.32. The van der Waals surface area contributed by atoms with Crippen molar-refractivity contribution >= 4 is 11.8 Å². The summed E-state index contributed by atoms with van der Waals surface area (Å²) in [7, 11) is 0. The van der Waals surface area contributed by atoms with Gasteiger partial charge >= 0.3 is 5.91 Å². The first-order valence-corrected chi connectivity index (χ1v) is 11.0. The summed E-state index contributed by atoms with van der Waals surface area (Å²) in [5, 5.41) is 4.37. The lowest BCUT2D eigenvalue weighted by Gasteiger charge is -2.23. The molecule has 2 atom stereocenters. The van der Waals surface area contributed by atoms with E-state index in [0.717, 1.165) is 37.1 Å². The predicted molar refractivity (Wildman–Crippen MR) is 121 cm³/mol. The largest absolute Gasteiger partial charge is 0.376 e. The standard InChI is InChI=1S/C24H27N5O4/c1-17(33-16-20-14-8-9-15-32-20)23(30)26-27-24(31)21-25-22(18-10-4-2-5-11-18)29(28-21)19-12-6-3-7-13-19/h2-7,10-13,17,20H,8-9,14-16H2,1H3,(H,26,30)(H,27,31). The molecule has 2 heterocycles. The lowest BCUT2D eigenvalue weighted by molar-refractivity contribution is -0.136. The van der Waals surface area contributed by atoms with Gasteiger partial charge in [-0.15, -0.1) is 5.10 Å². The molecule has 172 valence electrons. The van der Waals surface area contributed by atoms with E-state index >= 15 is 0 Å². The molecule has 2 N–H and O–H groups in total. The van der Waals surface area contributed by atoms with E-state index in [-0.39, 0.29) is 11.9 Å². The Hall–Kier alpha value is -3.56. The number of nitrogens with zero attached hydrogens (tertiary/aromatic N) is 3. The monoisotopic (exact) mass is 449 g/mol. The van der Waals surface area contributed by atoms with Gasteiger partial charge in [-0.2, -0.15) is 0 Å². The summed E-state index contributed by atoms with van der Waals surface area (Å²) in [5.74, 6) is -0.646. The minimum Gasteiger partial charge on any atom is -0.376 e. The van der Waals surface area contributed by atoms with E-state index in [1.807, 2.05) is 60.7 Å². The van der Waals surface area contributed by atoms with Gasteiger partial charge in [0.05, 0.1) is 18.4 Å². The second-order valence-corrected chi connectivity index (χ2v) is 7.78. The third kappa shape index (κ3) is 5.82. The van der Waals surface area contributed by atoms with Gasteiger partial charge in [-0.05, 0) is 38.3 Å². The van der Waals surface area contributed by atoms with Crippen molar-refractivity contribution in [2.45, 2.75) is 38.4 Å². The van der Waals surface area contributed by atoms with Crippen LogP contribution in [0.25, 0.3) is 17.1 Å². The first-order valence-electron chi connectivity index (χ1n) is 11.0. The molecule has 0 aliphatic carbocycles.